The Hall–Kier alpha value is -1.09. The number of aliphatic hydroxyl groups is 1. The molecule has 1 aliphatic rings. The molecule has 0 spiro atoms. The molecule has 1 N–H and O–H groups in total. The molecule has 1 aromatic rings. The molecule has 16 heavy (non-hydrogen) atoms. The third-order valence-electron chi connectivity index (χ3n) is 3.19. The van der Waals surface area contributed by atoms with E-state index in [0.717, 1.165) is 24.3 Å². The van der Waals surface area contributed by atoms with Crippen LogP contribution >= 0.6 is 0 Å². The van der Waals surface area contributed by atoms with Gasteiger partial charge in [-0.25, -0.2) is 4.98 Å². The molecule has 1 aliphatic carbocycles. The summed E-state index contributed by atoms with van der Waals surface area (Å²) in [6.07, 6.45) is 6.71. The van der Waals surface area contributed by atoms with E-state index < -0.39 is 0 Å². The first kappa shape index (κ1) is 11.4. The molecule has 0 radical (unpaired) electrons. The molecule has 0 saturated heterocycles. The maximum absolute atomic E-state index is 9.18. The predicted octanol–water partition coefficient (Wildman–Crippen LogP) is 2.53. The van der Waals surface area contributed by atoms with Crippen LogP contribution in [0, 0.1) is 5.92 Å². The summed E-state index contributed by atoms with van der Waals surface area (Å²) in [4.78, 5) is 4.19. The van der Waals surface area contributed by atoms with E-state index in [-0.39, 0.29) is 12.7 Å². The number of hydrogen-bond acceptors (Lipinski definition) is 3. The van der Waals surface area contributed by atoms with Crippen LogP contribution < -0.4 is 4.74 Å². The first-order valence-corrected chi connectivity index (χ1v) is 6.01. The fourth-order valence-corrected chi connectivity index (χ4v) is 2.29. The highest BCUT2D eigenvalue weighted by atomic mass is 16.5. The van der Waals surface area contributed by atoms with Gasteiger partial charge in [-0.1, -0.05) is 13.3 Å². The predicted molar refractivity (Wildman–Crippen MR) is 62.2 cm³/mol. The van der Waals surface area contributed by atoms with Gasteiger partial charge in [0.1, 0.15) is 6.10 Å². The van der Waals surface area contributed by atoms with Gasteiger partial charge in [0.05, 0.1) is 6.61 Å². The summed E-state index contributed by atoms with van der Waals surface area (Å²) in [5, 5.41) is 9.18. The number of aromatic nitrogens is 1. The minimum atomic E-state index is -0.00849. The third kappa shape index (κ3) is 2.73. The van der Waals surface area contributed by atoms with E-state index in [1.807, 2.05) is 12.1 Å². The second-order valence-corrected chi connectivity index (χ2v) is 4.64. The standard InChI is InChI=1S/C13H19NO2/c1-10-4-2-6-12(8-10)16-13-11(9-15)5-3-7-14-13/h3,5,7,10,12,15H,2,4,6,8-9H2,1H3. The first-order chi connectivity index (χ1) is 7.79. The Labute approximate surface area is 96.5 Å². The van der Waals surface area contributed by atoms with Crippen LogP contribution in [0.4, 0.5) is 0 Å². The van der Waals surface area contributed by atoms with Crippen LogP contribution in [0.1, 0.15) is 38.2 Å². The van der Waals surface area contributed by atoms with Gasteiger partial charge in [-0.3, -0.25) is 0 Å². The molecule has 88 valence electrons. The van der Waals surface area contributed by atoms with Crippen molar-refractivity contribution in [1.82, 2.24) is 4.98 Å². The Kier molecular flexibility index (Phi) is 3.78. The zero-order valence-electron chi connectivity index (χ0n) is 9.72. The molecule has 1 heterocycles. The molecule has 0 aliphatic heterocycles. The summed E-state index contributed by atoms with van der Waals surface area (Å²) in [6, 6.07) is 3.68. The highest BCUT2D eigenvalue weighted by molar-refractivity contribution is 5.24. The van der Waals surface area contributed by atoms with Crippen LogP contribution in [0.5, 0.6) is 5.88 Å². The molecule has 0 amide bonds. The molecule has 1 aromatic heterocycles. The molecule has 1 fully saturated rings. The van der Waals surface area contributed by atoms with E-state index in [4.69, 9.17) is 4.74 Å². The van der Waals surface area contributed by atoms with Crippen molar-refractivity contribution in [3.05, 3.63) is 23.9 Å². The van der Waals surface area contributed by atoms with E-state index >= 15 is 0 Å². The summed E-state index contributed by atoms with van der Waals surface area (Å²) < 4.78 is 5.88. The molecule has 0 bridgehead atoms. The summed E-state index contributed by atoms with van der Waals surface area (Å²) in [6.45, 7) is 2.26. The van der Waals surface area contributed by atoms with Crippen LogP contribution in [0.2, 0.25) is 0 Å². The minimum absolute atomic E-state index is 0.00849. The maximum atomic E-state index is 9.18. The Balaban J connectivity index is 2.02. The number of pyridine rings is 1. The summed E-state index contributed by atoms with van der Waals surface area (Å²) >= 11 is 0. The Morgan fingerprint density at radius 2 is 2.38 bits per heavy atom. The Bertz CT molecular complexity index is 340. The molecular weight excluding hydrogens is 202 g/mol. The average molecular weight is 221 g/mol. The molecule has 3 nitrogen and oxygen atoms in total. The molecule has 2 atom stereocenters. The lowest BCUT2D eigenvalue weighted by Crippen LogP contribution is -2.24. The first-order valence-electron chi connectivity index (χ1n) is 6.01. The summed E-state index contributed by atoms with van der Waals surface area (Å²) in [5.74, 6) is 1.34. The van der Waals surface area contributed by atoms with Gasteiger partial charge in [-0.15, -0.1) is 0 Å². The van der Waals surface area contributed by atoms with E-state index in [9.17, 15) is 5.11 Å². The summed E-state index contributed by atoms with van der Waals surface area (Å²) in [7, 11) is 0. The second kappa shape index (κ2) is 5.30. The SMILES string of the molecule is CC1CCCC(Oc2ncccc2CO)C1. The lowest BCUT2D eigenvalue weighted by atomic mass is 9.89. The normalized spacial score (nSPS) is 25.4. The largest absolute Gasteiger partial charge is 0.474 e. The third-order valence-corrected chi connectivity index (χ3v) is 3.19. The van der Waals surface area contributed by atoms with Crippen LogP contribution in [0.25, 0.3) is 0 Å². The Morgan fingerprint density at radius 3 is 3.12 bits per heavy atom. The fourth-order valence-electron chi connectivity index (χ4n) is 2.29. The average Bonchev–Trinajstić information content (AvgIpc) is 2.30. The van der Waals surface area contributed by atoms with Crippen molar-refractivity contribution in [3.63, 3.8) is 0 Å². The molecule has 2 rings (SSSR count). The quantitative estimate of drug-likeness (QED) is 0.852. The molecule has 2 unspecified atom stereocenters. The molecule has 1 saturated carbocycles. The van der Waals surface area contributed by atoms with Crippen molar-refractivity contribution in [2.75, 3.05) is 0 Å². The highest BCUT2D eigenvalue weighted by Gasteiger charge is 2.21. The van der Waals surface area contributed by atoms with Gasteiger partial charge in [-0.05, 0) is 37.3 Å². The van der Waals surface area contributed by atoms with Gasteiger partial charge in [0.25, 0.3) is 0 Å². The van der Waals surface area contributed by atoms with Crippen molar-refractivity contribution in [3.8, 4) is 5.88 Å². The zero-order chi connectivity index (χ0) is 11.4. The minimum Gasteiger partial charge on any atom is -0.474 e. The topological polar surface area (TPSA) is 42.4 Å². The van der Waals surface area contributed by atoms with Gasteiger partial charge < -0.3 is 9.84 Å². The van der Waals surface area contributed by atoms with Crippen LogP contribution in [-0.2, 0) is 6.61 Å². The number of rotatable bonds is 3. The lowest BCUT2D eigenvalue weighted by Gasteiger charge is -2.27. The number of nitrogens with zero attached hydrogens (tertiary/aromatic N) is 1. The Morgan fingerprint density at radius 1 is 1.50 bits per heavy atom. The van der Waals surface area contributed by atoms with Crippen molar-refractivity contribution < 1.29 is 9.84 Å². The second-order valence-electron chi connectivity index (χ2n) is 4.64. The highest BCUT2D eigenvalue weighted by Crippen LogP contribution is 2.27. The lowest BCUT2D eigenvalue weighted by molar-refractivity contribution is 0.120. The number of hydrogen-bond donors (Lipinski definition) is 1. The summed E-state index contributed by atoms with van der Waals surface area (Å²) in [5.41, 5.74) is 0.778. The van der Waals surface area contributed by atoms with Crippen molar-refractivity contribution in [1.29, 1.82) is 0 Å². The van der Waals surface area contributed by atoms with Gasteiger partial charge in [0, 0.05) is 11.8 Å². The van der Waals surface area contributed by atoms with Crippen molar-refractivity contribution in [2.45, 2.75) is 45.3 Å². The van der Waals surface area contributed by atoms with Crippen LogP contribution in [0.15, 0.2) is 18.3 Å². The van der Waals surface area contributed by atoms with Crippen LogP contribution in [-0.4, -0.2) is 16.2 Å². The van der Waals surface area contributed by atoms with E-state index in [2.05, 4.69) is 11.9 Å². The molecule has 0 aromatic carbocycles. The van der Waals surface area contributed by atoms with Gasteiger partial charge in [-0.2, -0.15) is 0 Å². The van der Waals surface area contributed by atoms with E-state index in [1.54, 1.807) is 6.20 Å². The monoisotopic (exact) mass is 221 g/mol. The number of aliphatic hydroxyl groups excluding tert-OH is 1. The van der Waals surface area contributed by atoms with Gasteiger partial charge in [0.2, 0.25) is 5.88 Å². The van der Waals surface area contributed by atoms with Gasteiger partial charge in [0.15, 0.2) is 0 Å². The van der Waals surface area contributed by atoms with Crippen molar-refractivity contribution >= 4 is 0 Å². The smallest absolute Gasteiger partial charge is 0.219 e. The number of ether oxygens (including phenoxy) is 1. The van der Waals surface area contributed by atoms with Gasteiger partial charge >= 0.3 is 0 Å². The van der Waals surface area contributed by atoms with E-state index in [1.165, 1.54) is 12.8 Å². The fraction of sp³-hybridized carbons (Fsp3) is 0.615. The van der Waals surface area contributed by atoms with Crippen molar-refractivity contribution in [2.24, 2.45) is 5.92 Å². The van der Waals surface area contributed by atoms with Crippen LogP contribution in [0.3, 0.4) is 0 Å². The molecular formula is C13H19NO2. The van der Waals surface area contributed by atoms with E-state index in [0.29, 0.717) is 5.88 Å². The zero-order valence-corrected chi connectivity index (χ0v) is 9.72. The maximum Gasteiger partial charge on any atom is 0.219 e. The molecule has 3 heteroatoms.